The highest BCUT2D eigenvalue weighted by Gasteiger charge is 2.60. The number of rotatable bonds is 3. The van der Waals surface area contributed by atoms with Crippen molar-refractivity contribution in [2.24, 2.45) is 5.92 Å². The van der Waals surface area contributed by atoms with Gasteiger partial charge in [0.05, 0.1) is 12.5 Å². The summed E-state index contributed by atoms with van der Waals surface area (Å²) in [5.41, 5.74) is 0.569. The number of esters is 1. The van der Waals surface area contributed by atoms with Gasteiger partial charge in [0.15, 0.2) is 0 Å². The molecule has 1 aliphatic rings. The van der Waals surface area contributed by atoms with Crippen LogP contribution in [0.1, 0.15) is 12.0 Å². The normalized spacial score (nSPS) is 28.2. The molecule has 0 unspecified atom stereocenters. The number of benzene rings is 1. The lowest BCUT2D eigenvalue weighted by atomic mass is 9.93. The van der Waals surface area contributed by atoms with Gasteiger partial charge in [-0.25, -0.2) is 0 Å². The van der Waals surface area contributed by atoms with Crippen LogP contribution in [-0.4, -0.2) is 13.1 Å². The first kappa shape index (κ1) is 9.97. The third-order valence-corrected chi connectivity index (χ3v) is 3.14. The molecular weight excluding hydrogens is 188 g/mol. The summed E-state index contributed by atoms with van der Waals surface area (Å²) in [6, 6.07) is 9.78. The fourth-order valence-electron chi connectivity index (χ4n) is 2.17. The molecule has 0 spiro atoms. The molecule has 0 radical (unpaired) electrons. The number of allylic oxidation sites excluding steroid dienone is 1. The van der Waals surface area contributed by atoms with Crippen LogP contribution in [0, 0.1) is 5.92 Å². The molecule has 0 bridgehead atoms. The molecule has 1 aromatic rings. The van der Waals surface area contributed by atoms with Crippen molar-refractivity contribution in [1.82, 2.24) is 0 Å². The van der Waals surface area contributed by atoms with Crippen molar-refractivity contribution >= 4 is 5.97 Å². The van der Waals surface area contributed by atoms with Crippen molar-refractivity contribution in [3.63, 3.8) is 0 Å². The van der Waals surface area contributed by atoms with E-state index >= 15 is 0 Å². The van der Waals surface area contributed by atoms with Crippen molar-refractivity contribution in [2.75, 3.05) is 7.11 Å². The van der Waals surface area contributed by atoms with Gasteiger partial charge in [0.2, 0.25) is 0 Å². The fraction of sp³-hybridized carbons (Fsp3) is 0.308. The maximum atomic E-state index is 11.8. The van der Waals surface area contributed by atoms with Crippen molar-refractivity contribution < 1.29 is 9.53 Å². The largest absolute Gasteiger partial charge is 0.468 e. The van der Waals surface area contributed by atoms with Gasteiger partial charge in [-0.05, 0) is 17.9 Å². The van der Waals surface area contributed by atoms with Gasteiger partial charge < -0.3 is 4.74 Å². The van der Waals surface area contributed by atoms with E-state index in [0.29, 0.717) is 0 Å². The van der Waals surface area contributed by atoms with Gasteiger partial charge in [0, 0.05) is 0 Å². The topological polar surface area (TPSA) is 26.3 Å². The van der Waals surface area contributed by atoms with E-state index in [1.165, 1.54) is 7.11 Å². The Bertz CT molecular complexity index is 383. The summed E-state index contributed by atoms with van der Waals surface area (Å²) in [6.45, 7) is 3.75. The summed E-state index contributed by atoms with van der Waals surface area (Å²) in [4.78, 5) is 11.8. The highest BCUT2D eigenvalue weighted by atomic mass is 16.5. The minimum atomic E-state index is -0.461. The fourth-order valence-corrected chi connectivity index (χ4v) is 2.17. The molecule has 1 saturated carbocycles. The SMILES string of the molecule is C=C[C@@H]1C[C@@]1(C(=O)OC)c1ccccc1. The lowest BCUT2D eigenvalue weighted by molar-refractivity contribution is -0.144. The summed E-state index contributed by atoms with van der Waals surface area (Å²) < 4.78 is 4.88. The predicted octanol–water partition coefficient (Wildman–Crippen LogP) is 2.30. The predicted molar refractivity (Wildman–Crippen MR) is 58.4 cm³/mol. The molecule has 2 nitrogen and oxygen atoms in total. The molecule has 0 aliphatic heterocycles. The van der Waals surface area contributed by atoms with Crippen LogP contribution in [0.15, 0.2) is 43.0 Å². The second-order valence-corrected chi connectivity index (χ2v) is 3.88. The van der Waals surface area contributed by atoms with Crippen LogP contribution in [0.5, 0.6) is 0 Å². The summed E-state index contributed by atoms with van der Waals surface area (Å²) in [5, 5.41) is 0. The van der Waals surface area contributed by atoms with E-state index in [4.69, 9.17) is 4.74 Å². The van der Waals surface area contributed by atoms with Gasteiger partial charge in [-0.1, -0.05) is 36.4 Å². The van der Waals surface area contributed by atoms with Crippen LogP contribution in [0.25, 0.3) is 0 Å². The van der Waals surface area contributed by atoms with Crippen molar-refractivity contribution in [2.45, 2.75) is 11.8 Å². The molecule has 1 aromatic carbocycles. The third kappa shape index (κ3) is 1.37. The quantitative estimate of drug-likeness (QED) is 0.555. The van der Waals surface area contributed by atoms with Crippen molar-refractivity contribution in [1.29, 1.82) is 0 Å². The van der Waals surface area contributed by atoms with Gasteiger partial charge in [0.25, 0.3) is 0 Å². The average Bonchev–Trinajstić information content (AvgIpc) is 3.05. The van der Waals surface area contributed by atoms with Gasteiger partial charge in [-0.15, -0.1) is 6.58 Å². The number of carbonyl (C=O) groups excluding carboxylic acids is 1. The molecule has 0 N–H and O–H groups in total. The molecule has 2 atom stereocenters. The van der Waals surface area contributed by atoms with Gasteiger partial charge in [-0.3, -0.25) is 4.79 Å². The summed E-state index contributed by atoms with van der Waals surface area (Å²) in [6.07, 6.45) is 2.65. The van der Waals surface area contributed by atoms with Gasteiger partial charge in [-0.2, -0.15) is 0 Å². The molecule has 2 rings (SSSR count). The van der Waals surface area contributed by atoms with E-state index in [1.807, 2.05) is 36.4 Å². The maximum Gasteiger partial charge on any atom is 0.316 e. The maximum absolute atomic E-state index is 11.8. The zero-order chi connectivity index (χ0) is 10.9. The molecule has 15 heavy (non-hydrogen) atoms. The minimum absolute atomic E-state index is 0.154. The Hall–Kier alpha value is -1.57. The van der Waals surface area contributed by atoms with Crippen LogP contribution in [-0.2, 0) is 14.9 Å². The van der Waals surface area contributed by atoms with Crippen molar-refractivity contribution in [3.05, 3.63) is 48.6 Å². The smallest absolute Gasteiger partial charge is 0.316 e. The summed E-state index contributed by atoms with van der Waals surface area (Å²) in [5.74, 6) is 0.0611. The van der Waals surface area contributed by atoms with Crippen LogP contribution >= 0.6 is 0 Å². The van der Waals surface area contributed by atoms with Crippen LogP contribution < -0.4 is 0 Å². The van der Waals surface area contributed by atoms with Gasteiger partial charge in [0.1, 0.15) is 0 Å². The zero-order valence-electron chi connectivity index (χ0n) is 8.77. The molecule has 1 aliphatic carbocycles. The monoisotopic (exact) mass is 202 g/mol. The molecular formula is C13H14O2. The number of ether oxygens (including phenoxy) is 1. The number of carbonyl (C=O) groups is 1. The molecule has 0 amide bonds. The Morgan fingerprint density at radius 3 is 2.67 bits per heavy atom. The second-order valence-electron chi connectivity index (χ2n) is 3.88. The average molecular weight is 202 g/mol. The van der Waals surface area contributed by atoms with E-state index in [1.54, 1.807) is 0 Å². The highest BCUT2D eigenvalue weighted by Crippen LogP contribution is 2.55. The minimum Gasteiger partial charge on any atom is -0.468 e. The molecule has 0 saturated heterocycles. The molecule has 2 heteroatoms. The molecule has 78 valence electrons. The van der Waals surface area contributed by atoms with E-state index in [0.717, 1.165) is 12.0 Å². The van der Waals surface area contributed by atoms with E-state index in [-0.39, 0.29) is 11.9 Å². The molecule has 0 heterocycles. The lowest BCUT2D eigenvalue weighted by Gasteiger charge is -2.14. The first-order valence-corrected chi connectivity index (χ1v) is 5.02. The standard InChI is InChI=1S/C13H14O2/c1-3-10-9-13(10,12(14)15-2)11-7-5-4-6-8-11/h3-8,10H,1,9H2,2H3/t10-,13+/m1/s1. The van der Waals surface area contributed by atoms with Crippen LogP contribution in [0.4, 0.5) is 0 Å². The lowest BCUT2D eigenvalue weighted by Crippen LogP contribution is -2.24. The van der Waals surface area contributed by atoms with Crippen LogP contribution in [0.3, 0.4) is 0 Å². The summed E-state index contributed by atoms with van der Waals surface area (Å²) >= 11 is 0. The Morgan fingerprint density at radius 2 is 2.20 bits per heavy atom. The van der Waals surface area contributed by atoms with E-state index in [9.17, 15) is 4.79 Å². The first-order valence-electron chi connectivity index (χ1n) is 5.02. The van der Waals surface area contributed by atoms with Crippen molar-refractivity contribution in [3.8, 4) is 0 Å². The number of methoxy groups -OCH3 is 1. The Morgan fingerprint density at radius 1 is 1.53 bits per heavy atom. The summed E-state index contributed by atoms with van der Waals surface area (Å²) in [7, 11) is 1.44. The highest BCUT2D eigenvalue weighted by molar-refractivity contribution is 5.88. The molecule has 1 fully saturated rings. The van der Waals surface area contributed by atoms with E-state index in [2.05, 4.69) is 6.58 Å². The Kier molecular flexibility index (Phi) is 2.35. The number of hydrogen-bond acceptors (Lipinski definition) is 2. The van der Waals surface area contributed by atoms with E-state index < -0.39 is 5.41 Å². The Labute approximate surface area is 89.6 Å². The zero-order valence-corrected chi connectivity index (χ0v) is 8.77. The molecule has 0 aromatic heterocycles. The van der Waals surface area contributed by atoms with Gasteiger partial charge >= 0.3 is 5.97 Å². The first-order chi connectivity index (χ1) is 7.25. The Balaban J connectivity index is 2.38. The third-order valence-electron chi connectivity index (χ3n) is 3.14. The van der Waals surface area contributed by atoms with Crippen LogP contribution in [0.2, 0.25) is 0 Å². The second kappa shape index (κ2) is 3.54. The number of hydrogen-bond donors (Lipinski definition) is 0.